The highest BCUT2D eigenvalue weighted by molar-refractivity contribution is 7.99. The summed E-state index contributed by atoms with van der Waals surface area (Å²) in [6.07, 6.45) is 3.40. The fourth-order valence-corrected chi connectivity index (χ4v) is 3.82. The Hall–Kier alpha value is -1.30. The smallest absolute Gasteiger partial charge is 0.226 e. The van der Waals surface area contributed by atoms with Crippen LogP contribution in [0.1, 0.15) is 24.1 Å². The van der Waals surface area contributed by atoms with Gasteiger partial charge in [-0.1, -0.05) is 17.7 Å². The van der Waals surface area contributed by atoms with Gasteiger partial charge in [0.1, 0.15) is 6.26 Å². The van der Waals surface area contributed by atoms with Gasteiger partial charge in [-0.05, 0) is 43.4 Å². The van der Waals surface area contributed by atoms with Crippen molar-refractivity contribution < 1.29 is 9.52 Å². The first-order valence-electron chi connectivity index (χ1n) is 7.67. The maximum atomic E-state index is 10.4. The summed E-state index contributed by atoms with van der Waals surface area (Å²) in [6.45, 7) is 3.29. The van der Waals surface area contributed by atoms with Gasteiger partial charge in [0.25, 0.3) is 0 Å². The van der Waals surface area contributed by atoms with Crippen molar-refractivity contribution in [3.63, 3.8) is 0 Å². The second-order valence-corrected chi connectivity index (χ2v) is 7.18. The van der Waals surface area contributed by atoms with E-state index in [1.807, 2.05) is 36.0 Å². The summed E-state index contributed by atoms with van der Waals surface area (Å²) in [6, 6.07) is 8.13. The molecule has 5 heteroatoms. The van der Waals surface area contributed by atoms with Gasteiger partial charge in [0.15, 0.2) is 0 Å². The molecule has 1 aromatic carbocycles. The van der Waals surface area contributed by atoms with E-state index in [9.17, 15) is 5.11 Å². The Morgan fingerprint density at radius 1 is 1.27 bits per heavy atom. The lowest BCUT2D eigenvalue weighted by atomic mass is 9.97. The lowest BCUT2D eigenvalue weighted by Gasteiger charge is -2.31. The molecule has 1 aromatic heterocycles. The highest BCUT2D eigenvalue weighted by Gasteiger charge is 2.28. The molecule has 1 aliphatic rings. The molecular weight excluding hydrogens is 296 g/mol. The zero-order chi connectivity index (χ0) is 15.4. The second kappa shape index (κ2) is 6.86. The Kier molecular flexibility index (Phi) is 4.86. The third-order valence-corrected chi connectivity index (χ3v) is 5.02. The van der Waals surface area contributed by atoms with Gasteiger partial charge in [-0.3, -0.25) is 0 Å². The van der Waals surface area contributed by atoms with Crippen molar-refractivity contribution in [2.75, 3.05) is 18.1 Å². The van der Waals surface area contributed by atoms with Crippen molar-refractivity contribution in [2.24, 2.45) is 0 Å². The highest BCUT2D eigenvalue weighted by Crippen LogP contribution is 2.26. The van der Waals surface area contributed by atoms with Gasteiger partial charge in [-0.2, -0.15) is 11.8 Å². The van der Waals surface area contributed by atoms with E-state index in [-0.39, 0.29) is 0 Å². The molecule has 1 fully saturated rings. The molecule has 0 aliphatic carbocycles. The topological polar surface area (TPSA) is 58.3 Å². The minimum atomic E-state index is -0.561. The van der Waals surface area contributed by atoms with E-state index in [2.05, 4.69) is 17.2 Å². The van der Waals surface area contributed by atoms with Crippen molar-refractivity contribution in [1.29, 1.82) is 0 Å². The molecule has 0 unspecified atom stereocenters. The molecule has 0 spiro atoms. The normalized spacial score (nSPS) is 17.5. The van der Waals surface area contributed by atoms with Crippen molar-refractivity contribution in [1.82, 2.24) is 10.3 Å². The van der Waals surface area contributed by atoms with Crippen LogP contribution in [-0.4, -0.2) is 33.7 Å². The van der Waals surface area contributed by atoms with Crippen molar-refractivity contribution >= 4 is 11.8 Å². The Morgan fingerprint density at radius 3 is 2.73 bits per heavy atom. The van der Waals surface area contributed by atoms with E-state index in [4.69, 9.17) is 4.42 Å². The van der Waals surface area contributed by atoms with E-state index in [0.717, 1.165) is 35.6 Å². The van der Waals surface area contributed by atoms with Crippen LogP contribution in [0.4, 0.5) is 0 Å². The highest BCUT2D eigenvalue weighted by atomic mass is 32.2. The van der Waals surface area contributed by atoms with Gasteiger partial charge in [0.05, 0.1) is 11.3 Å². The van der Waals surface area contributed by atoms with Gasteiger partial charge in [-0.15, -0.1) is 0 Å². The molecule has 4 nitrogen and oxygen atoms in total. The fraction of sp³-hybridized carbons (Fsp3) is 0.471. The summed E-state index contributed by atoms with van der Waals surface area (Å²) in [5.41, 5.74) is 2.51. The molecule has 2 heterocycles. The predicted octanol–water partition coefficient (Wildman–Crippen LogP) is 3.00. The number of thioether (sulfide) groups is 1. The number of nitrogens with one attached hydrogen (secondary N) is 1. The number of benzene rings is 1. The Labute approximate surface area is 135 Å². The molecule has 118 valence electrons. The maximum Gasteiger partial charge on any atom is 0.226 e. The van der Waals surface area contributed by atoms with E-state index >= 15 is 0 Å². The number of rotatable bonds is 5. The van der Waals surface area contributed by atoms with E-state index in [0.29, 0.717) is 19.0 Å². The standard InChI is InChI=1S/C17H22N2O2S/c1-13-2-4-14(5-3-13)16-19-15(11-21-16)10-18-12-17(20)6-8-22-9-7-17/h2-5,11,18,20H,6-10,12H2,1H3. The number of hydrogen-bond donors (Lipinski definition) is 2. The van der Waals surface area contributed by atoms with E-state index in [1.165, 1.54) is 5.56 Å². The van der Waals surface area contributed by atoms with Gasteiger partial charge >= 0.3 is 0 Å². The lowest BCUT2D eigenvalue weighted by Crippen LogP contribution is -2.43. The molecule has 0 radical (unpaired) electrons. The number of aliphatic hydroxyl groups is 1. The largest absolute Gasteiger partial charge is 0.444 e. The Morgan fingerprint density at radius 2 is 2.00 bits per heavy atom. The summed E-state index contributed by atoms with van der Waals surface area (Å²) in [5, 5.41) is 13.7. The van der Waals surface area contributed by atoms with Crippen LogP contribution in [0, 0.1) is 6.92 Å². The zero-order valence-corrected chi connectivity index (χ0v) is 13.7. The van der Waals surface area contributed by atoms with Gasteiger partial charge in [-0.25, -0.2) is 4.98 Å². The average Bonchev–Trinajstić information content (AvgIpc) is 2.97. The molecule has 2 N–H and O–H groups in total. The first kappa shape index (κ1) is 15.6. The van der Waals surface area contributed by atoms with Crippen molar-refractivity contribution in [3.05, 3.63) is 41.8 Å². The van der Waals surface area contributed by atoms with Crippen molar-refractivity contribution in [2.45, 2.75) is 31.9 Å². The van der Waals surface area contributed by atoms with Crippen LogP contribution in [0.2, 0.25) is 0 Å². The fourth-order valence-electron chi connectivity index (χ4n) is 2.57. The number of oxazole rings is 1. The predicted molar refractivity (Wildman–Crippen MR) is 89.9 cm³/mol. The van der Waals surface area contributed by atoms with Crippen molar-refractivity contribution in [3.8, 4) is 11.5 Å². The van der Waals surface area contributed by atoms with Gasteiger partial charge < -0.3 is 14.8 Å². The second-order valence-electron chi connectivity index (χ2n) is 5.95. The summed E-state index contributed by atoms with van der Waals surface area (Å²) in [7, 11) is 0. The molecule has 2 aromatic rings. The molecule has 0 atom stereocenters. The van der Waals surface area contributed by atoms with Crippen LogP contribution in [0.3, 0.4) is 0 Å². The first-order valence-corrected chi connectivity index (χ1v) is 8.82. The van der Waals surface area contributed by atoms with Gasteiger partial charge in [0.2, 0.25) is 5.89 Å². The van der Waals surface area contributed by atoms with Crippen LogP contribution in [0.15, 0.2) is 34.9 Å². The van der Waals surface area contributed by atoms with E-state index < -0.39 is 5.60 Å². The minimum absolute atomic E-state index is 0.561. The Balaban J connectivity index is 1.54. The number of aromatic nitrogens is 1. The number of hydrogen-bond acceptors (Lipinski definition) is 5. The molecule has 0 bridgehead atoms. The van der Waals surface area contributed by atoms with Crippen LogP contribution >= 0.6 is 11.8 Å². The summed E-state index contributed by atoms with van der Waals surface area (Å²) in [4.78, 5) is 4.50. The molecule has 22 heavy (non-hydrogen) atoms. The lowest BCUT2D eigenvalue weighted by molar-refractivity contribution is 0.0319. The minimum Gasteiger partial charge on any atom is -0.444 e. The molecule has 3 rings (SSSR count). The molecular formula is C17H22N2O2S. The monoisotopic (exact) mass is 318 g/mol. The molecule has 0 saturated carbocycles. The Bertz CT molecular complexity index is 603. The maximum absolute atomic E-state index is 10.4. The quantitative estimate of drug-likeness (QED) is 0.887. The third-order valence-electron chi connectivity index (χ3n) is 4.03. The van der Waals surface area contributed by atoms with Crippen LogP contribution in [-0.2, 0) is 6.54 Å². The van der Waals surface area contributed by atoms with Crippen LogP contribution in [0.5, 0.6) is 0 Å². The third kappa shape index (κ3) is 3.91. The number of aryl methyl sites for hydroxylation is 1. The van der Waals surface area contributed by atoms with Crippen LogP contribution in [0.25, 0.3) is 11.5 Å². The van der Waals surface area contributed by atoms with Gasteiger partial charge in [0, 0.05) is 18.7 Å². The first-order chi connectivity index (χ1) is 10.6. The SMILES string of the molecule is Cc1ccc(-c2nc(CNCC3(O)CCSCC3)co2)cc1. The average molecular weight is 318 g/mol. The molecule has 1 aliphatic heterocycles. The summed E-state index contributed by atoms with van der Waals surface area (Å²) in [5.74, 6) is 2.73. The molecule has 1 saturated heterocycles. The van der Waals surface area contributed by atoms with Crippen LogP contribution < -0.4 is 5.32 Å². The molecule has 0 amide bonds. The summed E-state index contributed by atoms with van der Waals surface area (Å²) < 4.78 is 5.54. The number of nitrogens with zero attached hydrogens (tertiary/aromatic N) is 1. The zero-order valence-electron chi connectivity index (χ0n) is 12.8. The summed E-state index contributed by atoms with van der Waals surface area (Å²) >= 11 is 1.91. The van der Waals surface area contributed by atoms with E-state index in [1.54, 1.807) is 6.26 Å².